The topological polar surface area (TPSA) is 70.5 Å². The first-order valence-electron chi connectivity index (χ1n) is 7.92. The van der Waals surface area contributed by atoms with Crippen LogP contribution in [0, 0.1) is 0 Å². The molecule has 4 N–H and O–H groups in total. The van der Waals surface area contributed by atoms with Gasteiger partial charge in [0.25, 0.3) is 0 Å². The second-order valence-electron chi connectivity index (χ2n) is 5.56. The summed E-state index contributed by atoms with van der Waals surface area (Å²) in [5, 5.41) is 0. The molecule has 0 heterocycles. The van der Waals surface area contributed by atoms with Crippen molar-refractivity contribution in [1.82, 2.24) is 0 Å². The van der Waals surface area contributed by atoms with Gasteiger partial charge in [0, 0.05) is 12.1 Å². The fourth-order valence-corrected chi connectivity index (χ4v) is 2.47. The Morgan fingerprint density at radius 1 is 0.917 bits per heavy atom. The van der Waals surface area contributed by atoms with E-state index in [0.29, 0.717) is 25.3 Å². The van der Waals surface area contributed by atoms with E-state index < -0.39 is 5.79 Å². The molecule has 0 fully saturated rings. The molecule has 0 radical (unpaired) electrons. The second kappa shape index (κ2) is 10.6. The lowest BCUT2D eigenvalue weighted by Crippen LogP contribution is -2.43. The number of nitrogen functional groups attached to an aromatic ring is 1. The first-order chi connectivity index (χ1) is 10.6. The fourth-order valence-electron chi connectivity index (χ4n) is 2.47. The summed E-state index contributed by atoms with van der Waals surface area (Å²) in [6, 6.07) is 7.83. The van der Waals surface area contributed by atoms with E-state index in [-0.39, 0.29) is 24.8 Å². The van der Waals surface area contributed by atoms with E-state index in [9.17, 15) is 0 Å². The van der Waals surface area contributed by atoms with Crippen LogP contribution in [0.5, 0.6) is 0 Å². The Morgan fingerprint density at radius 2 is 1.46 bits per heavy atom. The maximum atomic E-state index is 6.21. The first kappa shape index (κ1) is 22.8. The Labute approximate surface area is 157 Å². The molecule has 6 heteroatoms. The van der Waals surface area contributed by atoms with Crippen LogP contribution < -0.4 is 11.5 Å². The van der Waals surface area contributed by atoms with E-state index in [1.807, 2.05) is 36.4 Å². The Hall–Kier alpha value is -1.20. The van der Waals surface area contributed by atoms with E-state index >= 15 is 0 Å². The molecule has 0 aromatic heterocycles. The first-order valence-corrected chi connectivity index (χ1v) is 7.92. The number of hydrogen-bond acceptors (Lipinski definition) is 4. The zero-order valence-corrected chi connectivity index (χ0v) is 15.9. The van der Waals surface area contributed by atoms with E-state index in [4.69, 9.17) is 20.9 Å². The lowest BCUT2D eigenvalue weighted by molar-refractivity contribution is -0.209. The molecule has 0 unspecified atom stereocenters. The van der Waals surface area contributed by atoms with Gasteiger partial charge in [-0.1, -0.05) is 32.1 Å². The van der Waals surface area contributed by atoms with Crippen molar-refractivity contribution >= 4 is 36.1 Å². The standard InChI is InChI=1S/C18H26N2O2.2ClH/c1-3-11-21-18(22-12-4-2)13-15(7-10-17(18)20)14-5-8-16(19)9-6-14;;/h5-10H,3-4,11-13,19-20H2,1-2H3;2*1H. The van der Waals surface area contributed by atoms with Gasteiger partial charge in [-0.25, -0.2) is 0 Å². The molecule has 0 saturated heterocycles. The summed E-state index contributed by atoms with van der Waals surface area (Å²) in [6.45, 7) is 5.39. The number of halogens is 2. The molecule has 136 valence electrons. The van der Waals surface area contributed by atoms with Gasteiger partial charge in [-0.3, -0.25) is 0 Å². The van der Waals surface area contributed by atoms with Crippen molar-refractivity contribution in [1.29, 1.82) is 0 Å². The average Bonchev–Trinajstić information content (AvgIpc) is 2.54. The number of allylic oxidation sites excluding steroid dienone is 2. The van der Waals surface area contributed by atoms with E-state index in [0.717, 1.165) is 29.7 Å². The number of ether oxygens (including phenoxy) is 2. The van der Waals surface area contributed by atoms with Gasteiger partial charge in [0.05, 0.1) is 18.9 Å². The zero-order valence-electron chi connectivity index (χ0n) is 14.3. The molecule has 0 atom stereocenters. The molecule has 1 aliphatic carbocycles. The summed E-state index contributed by atoms with van der Waals surface area (Å²) in [7, 11) is 0. The van der Waals surface area contributed by atoms with E-state index in [1.165, 1.54) is 0 Å². The van der Waals surface area contributed by atoms with E-state index in [1.54, 1.807) is 0 Å². The van der Waals surface area contributed by atoms with Gasteiger partial charge in [0.1, 0.15) is 0 Å². The van der Waals surface area contributed by atoms with Crippen molar-refractivity contribution in [3.63, 3.8) is 0 Å². The van der Waals surface area contributed by atoms with Crippen LogP contribution in [0.1, 0.15) is 38.7 Å². The molecular formula is C18H28Cl2N2O2. The molecule has 0 bridgehead atoms. The molecule has 24 heavy (non-hydrogen) atoms. The van der Waals surface area contributed by atoms with Gasteiger partial charge in [-0.2, -0.15) is 0 Å². The highest BCUT2D eigenvalue weighted by atomic mass is 35.5. The predicted molar refractivity (Wildman–Crippen MR) is 105 cm³/mol. The number of benzene rings is 1. The Kier molecular flexibility index (Phi) is 10.1. The van der Waals surface area contributed by atoms with Crippen LogP contribution in [-0.2, 0) is 9.47 Å². The van der Waals surface area contributed by atoms with E-state index in [2.05, 4.69) is 13.8 Å². The van der Waals surface area contributed by atoms with Gasteiger partial charge in [0.2, 0.25) is 5.79 Å². The Balaban J connectivity index is 0.00000264. The summed E-state index contributed by atoms with van der Waals surface area (Å²) < 4.78 is 12.1. The largest absolute Gasteiger partial charge is 0.399 e. The van der Waals surface area contributed by atoms with Gasteiger partial charge in [0.15, 0.2) is 0 Å². The zero-order chi connectivity index (χ0) is 16.0. The summed E-state index contributed by atoms with van der Waals surface area (Å²) in [5.74, 6) is -0.850. The second-order valence-corrected chi connectivity index (χ2v) is 5.56. The molecular weight excluding hydrogens is 347 g/mol. The summed E-state index contributed by atoms with van der Waals surface area (Å²) >= 11 is 0. The number of nitrogens with two attached hydrogens (primary N) is 2. The molecule has 1 aromatic carbocycles. The van der Waals surface area contributed by atoms with Gasteiger partial charge < -0.3 is 20.9 Å². The fraction of sp³-hybridized carbons (Fsp3) is 0.444. The Bertz CT molecular complexity index is 549. The maximum Gasteiger partial charge on any atom is 0.213 e. The highest BCUT2D eigenvalue weighted by Crippen LogP contribution is 2.36. The lowest BCUT2D eigenvalue weighted by atomic mass is 9.91. The van der Waals surface area contributed by atoms with Crippen molar-refractivity contribution in [2.75, 3.05) is 18.9 Å². The smallest absolute Gasteiger partial charge is 0.213 e. The molecule has 2 rings (SSSR count). The normalized spacial score (nSPS) is 15.6. The van der Waals surface area contributed by atoms with Crippen LogP contribution in [0.4, 0.5) is 5.69 Å². The highest BCUT2D eigenvalue weighted by Gasteiger charge is 2.38. The third-order valence-electron chi connectivity index (χ3n) is 3.69. The van der Waals surface area contributed by atoms with Crippen LogP contribution in [0.3, 0.4) is 0 Å². The minimum Gasteiger partial charge on any atom is -0.399 e. The summed E-state index contributed by atoms with van der Waals surface area (Å²) in [4.78, 5) is 0. The van der Waals surface area contributed by atoms with Crippen LogP contribution in [0.15, 0.2) is 42.1 Å². The van der Waals surface area contributed by atoms with Crippen molar-refractivity contribution < 1.29 is 9.47 Å². The van der Waals surface area contributed by atoms with Crippen LogP contribution in [0.25, 0.3) is 5.57 Å². The molecule has 0 amide bonds. The monoisotopic (exact) mass is 374 g/mol. The summed E-state index contributed by atoms with van der Waals surface area (Å²) in [5.41, 5.74) is 15.6. The SMILES string of the molecule is CCCOC1(OCCC)CC(c2ccc(N)cc2)=CC=C1N.Cl.Cl. The molecule has 1 aromatic rings. The highest BCUT2D eigenvalue weighted by molar-refractivity contribution is 5.85. The maximum absolute atomic E-state index is 6.21. The van der Waals surface area contributed by atoms with Gasteiger partial charge in [-0.15, -0.1) is 24.8 Å². The molecule has 1 aliphatic rings. The van der Waals surface area contributed by atoms with Crippen molar-refractivity contribution in [2.24, 2.45) is 5.73 Å². The lowest BCUT2D eigenvalue weighted by Gasteiger charge is -2.37. The minimum atomic E-state index is -0.850. The molecule has 4 nitrogen and oxygen atoms in total. The van der Waals surface area contributed by atoms with Crippen molar-refractivity contribution in [3.8, 4) is 0 Å². The third kappa shape index (κ3) is 5.42. The van der Waals surface area contributed by atoms with Crippen molar-refractivity contribution in [3.05, 3.63) is 47.7 Å². The van der Waals surface area contributed by atoms with Crippen LogP contribution in [0.2, 0.25) is 0 Å². The van der Waals surface area contributed by atoms with Crippen LogP contribution in [-0.4, -0.2) is 19.0 Å². The minimum absolute atomic E-state index is 0. The average molecular weight is 375 g/mol. The van der Waals surface area contributed by atoms with Gasteiger partial charge >= 0.3 is 0 Å². The molecule has 0 spiro atoms. The number of hydrogen-bond donors (Lipinski definition) is 2. The quantitative estimate of drug-likeness (QED) is 0.551. The molecule has 0 saturated carbocycles. The molecule has 0 aliphatic heterocycles. The Morgan fingerprint density at radius 3 is 1.96 bits per heavy atom. The third-order valence-corrected chi connectivity index (χ3v) is 3.69. The predicted octanol–water partition coefficient (Wildman–Crippen LogP) is 4.29. The summed E-state index contributed by atoms with van der Waals surface area (Å²) in [6.07, 6.45) is 6.38. The van der Waals surface area contributed by atoms with Gasteiger partial charge in [-0.05, 0) is 42.2 Å². The number of rotatable bonds is 7. The van der Waals surface area contributed by atoms with Crippen LogP contribution >= 0.6 is 24.8 Å². The van der Waals surface area contributed by atoms with Crippen molar-refractivity contribution in [2.45, 2.75) is 38.9 Å². The number of anilines is 1.